The van der Waals surface area contributed by atoms with Crippen LogP contribution < -0.4 is 10.6 Å². The highest BCUT2D eigenvalue weighted by Gasteiger charge is 2.14. The van der Waals surface area contributed by atoms with Crippen molar-refractivity contribution in [1.82, 2.24) is 9.97 Å². The number of benzene rings is 4. The van der Waals surface area contributed by atoms with E-state index in [-0.39, 0.29) is 11.5 Å². The predicted octanol–water partition coefficient (Wildman–Crippen LogP) is 8.02. The van der Waals surface area contributed by atoms with Crippen LogP contribution in [0, 0.1) is 0 Å². The number of pyridine rings is 2. The van der Waals surface area contributed by atoms with Crippen LogP contribution in [0.2, 0.25) is 0 Å². The zero-order valence-corrected chi connectivity index (χ0v) is 21.8. The van der Waals surface area contributed by atoms with E-state index in [1.807, 2.05) is 97.1 Å². The summed E-state index contributed by atoms with van der Waals surface area (Å²) in [4.78, 5) is 8.98. The maximum absolute atomic E-state index is 11.1. The van der Waals surface area contributed by atoms with Gasteiger partial charge in [-0.05, 0) is 49.2 Å². The number of hydrogen-bond acceptors (Lipinski definition) is 6. The first kappa shape index (κ1) is 24.9. The fraction of sp³-hybridized carbons (Fsp3) is 0.0588. The number of para-hydroxylation sites is 4. The van der Waals surface area contributed by atoms with Gasteiger partial charge in [-0.2, -0.15) is 0 Å². The zero-order valence-electron chi connectivity index (χ0n) is 21.8. The highest BCUT2D eigenvalue weighted by Crippen LogP contribution is 2.36. The first-order valence-corrected chi connectivity index (χ1v) is 13.1. The van der Waals surface area contributed by atoms with Crippen LogP contribution in [0.1, 0.15) is 11.1 Å². The molecule has 0 atom stereocenters. The lowest BCUT2D eigenvalue weighted by atomic mass is 9.97. The van der Waals surface area contributed by atoms with Gasteiger partial charge in [-0.3, -0.25) is 9.97 Å². The summed E-state index contributed by atoms with van der Waals surface area (Å²) in [7, 11) is 0. The predicted molar refractivity (Wildman–Crippen MR) is 163 cm³/mol. The van der Waals surface area contributed by atoms with Gasteiger partial charge in [-0.15, -0.1) is 0 Å². The average molecular weight is 525 g/mol. The monoisotopic (exact) mass is 524 g/mol. The van der Waals surface area contributed by atoms with Crippen molar-refractivity contribution in [2.45, 2.75) is 12.8 Å². The number of allylic oxidation sites excluding steroid dienone is 1. The van der Waals surface area contributed by atoms with Gasteiger partial charge in [-0.1, -0.05) is 72.8 Å². The number of fused-ring (bicyclic) bond motifs is 2. The Morgan fingerprint density at radius 3 is 1.43 bits per heavy atom. The molecule has 0 saturated heterocycles. The van der Waals surface area contributed by atoms with Crippen LogP contribution in [-0.2, 0) is 12.8 Å². The van der Waals surface area contributed by atoms with Crippen LogP contribution in [0.5, 0.6) is 11.5 Å². The first-order valence-electron chi connectivity index (χ1n) is 13.1. The van der Waals surface area contributed by atoms with Crippen LogP contribution in [0.15, 0.2) is 122 Å². The van der Waals surface area contributed by atoms with Gasteiger partial charge in [0, 0.05) is 34.3 Å². The minimum atomic E-state index is 0.166. The van der Waals surface area contributed by atoms with Crippen LogP contribution in [0.4, 0.5) is 22.7 Å². The summed E-state index contributed by atoms with van der Waals surface area (Å²) in [6.07, 6.45) is 4.43. The molecule has 0 fully saturated rings. The van der Waals surface area contributed by atoms with Gasteiger partial charge >= 0.3 is 0 Å². The highest BCUT2D eigenvalue weighted by molar-refractivity contribution is 5.93. The van der Waals surface area contributed by atoms with Gasteiger partial charge in [0.05, 0.1) is 33.8 Å². The number of aromatic hydroxyl groups is 2. The third kappa shape index (κ3) is 5.02. The molecule has 4 N–H and O–H groups in total. The van der Waals surface area contributed by atoms with Gasteiger partial charge in [0.2, 0.25) is 0 Å². The molecule has 0 aliphatic rings. The number of rotatable bonds is 8. The Labute approximate surface area is 232 Å². The Bertz CT molecular complexity index is 1720. The van der Waals surface area contributed by atoms with Crippen molar-refractivity contribution in [2.24, 2.45) is 0 Å². The standard InChI is InChI=1S/C34H28N4O2/c1-22(20-25-10-4-16-29(33(25)39)37-27-14-2-8-23-12-6-18-35-31(23)27)21-26-11-5-17-30(34(26)40)38-28-15-3-9-24-13-7-19-36-32(24)28/h2-19,37-40H,1,20-21H2. The molecule has 0 spiro atoms. The fourth-order valence-corrected chi connectivity index (χ4v) is 4.97. The van der Waals surface area contributed by atoms with E-state index in [4.69, 9.17) is 0 Å². The largest absolute Gasteiger partial charge is 0.505 e. The van der Waals surface area contributed by atoms with Crippen molar-refractivity contribution in [3.05, 3.63) is 133 Å². The minimum absolute atomic E-state index is 0.166. The second kappa shape index (κ2) is 10.8. The van der Waals surface area contributed by atoms with E-state index in [1.54, 1.807) is 12.4 Å². The molecule has 6 nitrogen and oxygen atoms in total. The van der Waals surface area contributed by atoms with Gasteiger partial charge in [0.1, 0.15) is 11.5 Å². The molecule has 6 aromatic rings. The van der Waals surface area contributed by atoms with Gasteiger partial charge in [-0.25, -0.2) is 0 Å². The van der Waals surface area contributed by atoms with E-state index in [2.05, 4.69) is 27.2 Å². The molecular weight excluding hydrogens is 496 g/mol. The maximum atomic E-state index is 11.1. The van der Waals surface area contributed by atoms with E-state index in [0.717, 1.165) is 49.9 Å². The normalized spacial score (nSPS) is 11.0. The van der Waals surface area contributed by atoms with Gasteiger partial charge < -0.3 is 20.8 Å². The van der Waals surface area contributed by atoms with Gasteiger partial charge in [0.15, 0.2) is 0 Å². The Morgan fingerprint density at radius 1 is 0.550 bits per heavy atom. The van der Waals surface area contributed by atoms with Crippen molar-refractivity contribution in [1.29, 1.82) is 0 Å². The number of phenols is 2. The molecular formula is C34H28N4O2. The van der Waals surface area contributed by atoms with Gasteiger partial charge in [0.25, 0.3) is 0 Å². The smallest absolute Gasteiger partial charge is 0.142 e. The Balaban J connectivity index is 1.19. The molecule has 2 heterocycles. The molecule has 0 amide bonds. The molecule has 2 aromatic heterocycles. The summed E-state index contributed by atoms with van der Waals surface area (Å²) in [5, 5.41) is 30.9. The van der Waals surface area contributed by atoms with Crippen molar-refractivity contribution >= 4 is 44.6 Å². The summed E-state index contributed by atoms with van der Waals surface area (Å²) in [5.41, 5.74) is 6.86. The number of nitrogens with one attached hydrogen (secondary N) is 2. The lowest BCUT2D eigenvalue weighted by molar-refractivity contribution is 0.470. The SMILES string of the molecule is C=C(Cc1cccc(Nc2cccc3cccnc23)c1O)Cc1cccc(Nc2cccc3cccnc23)c1O. The lowest BCUT2D eigenvalue weighted by Gasteiger charge is -2.16. The second-order valence-corrected chi connectivity index (χ2v) is 9.74. The molecule has 0 aliphatic heterocycles. The quantitative estimate of drug-likeness (QED) is 0.119. The third-order valence-electron chi connectivity index (χ3n) is 6.92. The first-order chi connectivity index (χ1) is 19.6. The molecule has 40 heavy (non-hydrogen) atoms. The van der Waals surface area contributed by atoms with E-state index in [1.165, 1.54) is 0 Å². The molecule has 0 aliphatic carbocycles. The molecule has 0 radical (unpaired) electrons. The number of anilines is 4. The number of aromatic nitrogens is 2. The maximum Gasteiger partial charge on any atom is 0.142 e. The zero-order chi connectivity index (χ0) is 27.5. The molecule has 6 rings (SSSR count). The topological polar surface area (TPSA) is 90.3 Å². The van der Waals surface area contributed by atoms with E-state index in [9.17, 15) is 10.2 Å². The molecule has 0 bridgehead atoms. The average Bonchev–Trinajstić information content (AvgIpc) is 2.97. The van der Waals surface area contributed by atoms with Crippen molar-refractivity contribution in [3.63, 3.8) is 0 Å². The Morgan fingerprint density at radius 2 is 0.950 bits per heavy atom. The van der Waals surface area contributed by atoms with Crippen LogP contribution in [0.3, 0.4) is 0 Å². The summed E-state index contributed by atoms with van der Waals surface area (Å²) in [5.74, 6) is 0.333. The lowest BCUT2D eigenvalue weighted by Crippen LogP contribution is -1.99. The van der Waals surface area contributed by atoms with Crippen molar-refractivity contribution in [2.75, 3.05) is 10.6 Å². The summed E-state index contributed by atoms with van der Waals surface area (Å²) >= 11 is 0. The summed E-state index contributed by atoms with van der Waals surface area (Å²) in [6, 6.07) is 30.9. The van der Waals surface area contributed by atoms with Crippen molar-refractivity contribution in [3.8, 4) is 11.5 Å². The number of hydrogen-bond donors (Lipinski definition) is 4. The molecule has 0 saturated carbocycles. The number of phenolic OH excluding ortho intramolecular Hbond substituents is 2. The van der Waals surface area contributed by atoms with E-state index < -0.39 is 0 Å². The fourth-order valence-electron chi connectivity index (χ4n) is 4.97. The third-order valence-corrected chi connectivity index (χ3v) is 6.92. The Kier molecular flexibility index (Phi) is 6.73. The number of nitrogens with zero attached hydrogens (tertiary/aromatic N) is 2. The summed E-state index contributed by atoms with van der Waals surface area (Å²) in [6.45, 7) is 4.25. The summed E-state index contributed by atoms with van der Waals surface area (Å²) < 4.78 is 0. The second-order valence-electron chi connectivity index (χ2n) is 9.74. The van der Waals surface area contributed by atoms with Crippen LogP contribution in [-0.4, -0.2) is 20.2 Å². The Hall–Kier alpha value is -5.36. The van der Waals surface area contributed by atoms with E-state index in [0.29, 0.717) is 24.2 Å². The molecule has 0 unspecified atom stereocenters. The minimum Gasteiger partial charge on any atom is -0.505 e. The molecule has 4 aromatic carbocycles. The van der Waals surface area contributed by atoms with E-state index >= 15 is 0 Å². The highest BCUT2D eigenvalue weighted by atomic mass is 16.3. The molecule has 6 heteroatoms. The van der Waals surface area contributed by atoms with Crippen LogP contribution >= 0.6 is 0 Å². The van der Waals surface area contributed by atoms with Crippen LogP contribution in [0.25, 0.3) is 21.8 Å². The molecule has 196 valence electrons. The van der Waals surface area contributed by atoms with Crippen molar-refractivity contribution < 1.29 is 10.2 Å².